The van der Waals surface area contributed by atoms with Crippen LogP contribution in [-0.2, 0) is 13.1 Å². The van der Waals surface area contributed by atoms with E-state index in [0.717, 1.165) is 19.0 Å². The molecule has 1 heterocycles. The van der Waals surface area contributed by atoms with Crippen LogP contribution in [0.4, 0.5) is 0 Å². The standard InChI is InChI=1S/C14H17NO2/c16-14(17)11-4-5-12-8-15(9-13(12)6-11)7-10-2-1-3-10/h4-6,10H,1-3,7-9H2,(H,16,17). The first-order valence-electron chi connectivity index (χ1n) is 6.30. The van der Waals surface area contributed by atoms with Crippen molar-refractivity contribution in [1.29, 1.82) is 0 Å². The minimum absolute atomic E-state index is 0.411. The Kier molecular flexibility index (Phi) is 2.63. The first kappa shape index (κ1) is 10.8. The molecule has 2 aliphatic rings. The summed E-state index contributed by atoms with van der Waals surface area (Å²) in [6, 6.07) is 5.52. The molecule has 3 rings (SSSR count). The lowest BCUT2D eigenvalue weighted by atomic mass is 9.85. The van der Waals surface area contributed by atoms with Crippen molar-refractivity contribution in [2.24, 2.45) is 5.92 Å². The number of carboxylic acids is 1. The molecule has 0 spiro atoms. The van der Waals surface area contributed by atoms with Crippen LogP contribution in [0, 0.1) is 5.92 Å². The van der Waals surface area contributed by atoms with Crippen molar-refractivity contribution in [3.8, 4) is 0 Å². The fraction of sp³-hybridized carbons (Fsp3) is 0.500. The number of fused-ring (bicyclic) bond motifs is 1. The molecule has 17 heavy (non-hydrogen) atoms. The number of aromatic carboxylic acids is 1. The number of hydrogen-bond donors (Lipinski definition) is 1. The van der Waals surface area contributed by atoms with Gasteiger partial charge < -0.3 is 5.11 Å². The lowest BCUT2D eigenvalue weighted by molar-refractivity contribution is 0.0696. The van der Waals surface area contributed by atoms with Gasteiger partial charge in [-0.25, -0.2) is 4.79 Å². The third-order valence-electron chi connectivity index (χ3n) is 3.98. The van der Waals surface area contributed by atoms with Gasteiger partial charge in [0.1, 0.15) is 0 Å². The molecule has 0 unspecified atom stereocenters. The summed E-state index contributed by atoms with van der Waals surface area (Å²) in [5.74, 6) is 0.0495. The highest BCUT2D eigenvalue weighted by Gasteiger charge is 2.25. The monoisotopic (exact) mass is 231 g/mol. The highest BCUT2D eigenvalue weighted by Crippen LogP contribution is 2.31. The summed E-state index contributed by atoms with van der Waals surface area (Å²) in [7, 11) is 0. The topological polar surface area (TPSA) is 40.5 Å². The lowest BCUT2D eigenvalue weighted by Crippen LogP contribution is -2.28. The zero-order chi connectivity index (χ0) is 11.8. The molecule has 1 aliphatic carbocycles. The third kappa shape index (κ3) is 2.07. The van der Waals surface area contributed by atoms with E-state index in [1.54, 1.807) is 6.07 Å². The van der Waals surface area contributed by atoms with Crippen LogP contribution in [0.5, 0.6) is 0 Å². The average molecular weight is 231 g/mol. The van der Waals surface area contributed by atoms with E-state index >= 15 is 0 Å². The molecule has 3 nitrogen and oxygen atoms in total. The molecular formula is C14H17NO2. The SMILES string of the molecule is O=C(O)c1ccc2c(c1)CN(CC1CCC1)C2. The van der Waals surface area contributed by atoms with E-state index in [9.17, 15) is 4.79 Å². The van der Waals surface area contributed by atoms with Gasteiger partial charge in [-0.05, 0) is 42.0 Å². The Morgan fingerprint density at radius 1 is 1.29 bits per heavy atom. The van der Waals surface area contributed by atoms with Gasteiger partial charge in [-0.1, -0.05) is 12.5 Å². The first-order chi connectivity index (χ1) is 8.22. The van der Waals surface area contributed by atoms with Gasteiger partial charge in [0.15, 0.2) is 0 Å². The summed E-state index contributed by atoms with van der Waals surface area (Å²) >= 11 is 0. The molecule has 1 aliphatic heterocycles. The predicted molar refractivity (Wildman–Crippen MR) is 64.9 cm³/mol. The van der Waals surface area contributed by atoms with Gasteiger partial charge in [-0.2, -0.15) is 0 Å². The molecule has 0 aromatic heterocycles. The quantitative estimate of drug-likeness (QED) is 0.869. The summed E-state index contributed by atoms with van der Waals surface area (Å²) in [6.45, 7) is 3.09. The maximum absolute atomic E-state index is 10.9. The molecule has 3 heteroatoms. The average Bonchev–Trinajstić information content (AvgIpc) is 2.64. The number of carboxylic acid groups (broad SMARTS) is 1. The van der Waals surface area contributed by atoms with Crippen LogP contribution in [0.15, 0.2) is 18.2 Å². The third-order valence-corrected chi connectivity index (χ3v) is 3.98. The van der Waals surface area contributed by atoms with E-state index in [2.05, 4.69) is 4.90 Å². The van der Waals surface area contributed by atoms with E-state index in [-0.39, 0.29) is 0 Å². The molecule has 1 N–H and O–H groups in total. The molecule has 1 saturated carbocycles. The van der Waals surface area contributed by atoms with Crippen molar-refractivity contribution in [2.75, 3.05) is 6.54 Å². The van der Waals surface area contributed by atoms with E-state index in [1.165, 1.54) is 36.9 Å². The number of nitrogens with zero attached hydrogens (tertiary/aromatic N) is 1. The van der Waals surface area contributed by atoms with Gasteiger partial charge in [0.05, 0.1) is 5.56 Å². The lowest BCUT2D eigenvalue weighted by Gasteiger charge is -2.29. The Hall–Kier alpha value is -1.35. The highest BCUT2D eigenvalue weighted by atomic mass is 16.4. The number of carbonyl (C=O) groups is 1. The molecule has 1 aromatic rings. The number of benzene rings is 1. The molecule has 0 bridgehead atoms. The molecule has 0 amide bonds. The normalized spacial score (nSPS) is 20.0. The molecule has 0 radical (unpaired) electrons. The van der Waals surface area contributed by atoms with E-state index in [4.69, 9.17) is 5.11 Å². The van der Waals surface area contributed by atoms with Gasteiger partial charge >= 0.3 is 5.97 Å². The Morgan fingerprint density at radius 2 is 2.06 bits per heavy atom. The van der Waals surface area contributed by atoms with Gasteiger partial charge in [-0.15, -0.1) is 0 Å². The summed E-state index contributed by atoms with van der Waals surface area (Å²) < 4.78 is 0. The van der Waals surface area contributed by atoms with Gasteiger partial charge in [0.25, 0.3) is 0 Å². The van der Waals surface area contributed by atoms with Crippen molar-refractivity contribution in [2.45, 2.75) is 32.4 Å². The Bertz CT molecular complexity index is 452. The smallest absolute Gasteiger partial charge is 0.335 e. The molecule has 0 saturated heterocycles. The molecule has 90 valence electrons. The van der Waals surface area contributed by atoms with E-state index < -0.39 is 5.97 Å². The van der Waals surface area contributed by atoms with E-state index in [1.807, 2.05) is 12.1 Å². The Morgan fingerprint density at radius 3 is 2.71 bits per heavy atom. The fourth-order valence-corrected chi connectivity index (χ4v) is 2.77. The highest BCUT2D eigenvalue weighted by molar-refractivity contribution is 5.87. The summed E-state index contributed by atoms with van der Waals surface area (Å²) in [5.41, 5.74) is 2.91. The predicted octanol–water partition coefficient (Wildman–Crippen LogP) is 2.50. The molecule has 0 atom stereocenters. The Labute approximate surface area is 101 Å². The first-order valence-corrected chi connectivity index (χ1v) is 6.30. The van der Waals surface area contributed by atoms with Crippen LogP contribution in [0.3, 0.4) is 0 Å². The van der Waals surface area contributed by atoms with Crippen LogP contribution in [0.25, 0.3) is 0 Å². The Balaban J connectivity index is 1.71. The largest absolute Gasteiger partial charge is 0.478 e. The number of hydrogen-bond acceptors (Lipinski definition) is 2. The van der Waals surface area contributed by atoms with Crippen molar-refractivity contribution in [1.82, 2.24) is 4.90 Å². The summed E-state index contributed by atoms with van der Waals surface area (Å²) in [4.78, 5) is 13.3. The van der Waals surface area contributed by atoms with Crippen LogP contribution in [0.2, 0.25) is 0 Å². The van der Waals surface area contributed by atoms with Gasteiger partial charge in [0, 0.05) is 19.6 Å². The maximum Gasteiger partial charge on any atom is 0.335 e. The van der Waals surface area contributed by atoms with Crippen molar-refractivity contribution < 1.29 is 9.90 Å². The molecule has 1 aromatic carbocycles. The van der Waals surface area contributed by atoms with Crippen molar-refractivity contribution >= 4 is 5.97 Å². The van der Waals surface area contributed by atoms with Gasteiger partial charge in [-0.3, -0.25) is 4.90 Å². The van der Waals surface area contributed by atoms with Crippen LogP contribution >= 0.6 is 0 Å². The van der Waals surface area contributed by atoms with E-state index in [0.29, 0.717) is 5.56 Å². The van der Waals surface area contributed by atoms with Gasteiger partial charge in [0.2, 0.25) is 0 Å². The fourth-order valence-electron chi connectivity index (χ4n) is 2.77. The minimum Gasteiger partial charge on any atom is -0.478 e. The minimum atomic E-state index is -0.828. The van der Waals surface area contributed by atoms with Crippen LogP contribution in [-0.4, -0.2) is 22.5 Å². The second kappa shape index (κ2) is 4.15. The molecule has 1 fully saturated rings. The second-order valence-electron chi connectivity index (χ2n) is 5.26. The van der Waals surface area contributed by atoms with Crippen LogP contribution < -0.4 is 0 Å². The number of rotatable bonds is 3. The van der Waals surface area contributed by atoms with Crippen molar-refractivity contribution in [3.63, 3.8) is 0 Å². The molecular weight excluding hydrogens is 214 g/mol. The second-order valence-corrected chi connectivity index (χ2v) is 5.26. The zero-order valence-electron chi connectivity index (χ0n) is 9.85. The summed E-state index contributed by atoms with van der Waals surface area (Å²) in [5, 5.41) is 8.96. The van der Waals surface area contributed by atoms with Crippen LogP contribution in [0.1, 0.15) is 40.7 Å². The zero-order valence-corrected chi connectivity index (χ0v) is 9.85. The summed E-state index contributed by atoms with van der Waals surface area (Å²) in [6.07, 6.45) is 4.12. The van der Waals surface area contributed by atoms with Crippen molar-refractivity contribution in [3.05, 3.63) is 34.9 Å². The maximum atomic E-state index is 10.9.